The maximum atomic E-state index is 11.0. The minimum absolute atomic E-state index is 0. The number of esters is 1. The predicted octanol–water partition coefficient (Wildman–Crippen LogP) is 15.9. The van der Waals surface area contributed by atoms with E-state index in [9.17, 15) is 32.7 Å². The van der Waals surface area contributed by atoms with Crippen LogP contribution in [-0.2, 0) is 61.0 Å². The lowest BCUT2D eigenvalue weighted by molar-refractivity contribution is -0.357. The molecule has 0 aromatic rings. The van der Waals surface area contributed by atoms with Crippen LogP contribution in [0.5, 0.6) is 0 Å². The molecule has 0 aliphatic rings. The van der Waals surface area contributed by atoms with Crippen LogP contribution in [-0.4, -0.2) is 459 Å². The van der Waals surface area contributed by atoms with Gasteiger partial charge in [0.1, 0.15) is 18.9 Å². The predicted molar refractivity (Wildman–Crippen MR) is 585 cm³/mol. The summed E-state index contributed by atoms with van der Waals surface area (Å²) in [5.74, 6) is 4.21. The molecule has 0 heterocycles. The summed E-state index contributed by atoms with van der Waals surface area (Å²) in [7, 11) is 51.8. The number of nitriles is 1. The number of aliphatic imine (C=N–C) groups is 2. The van der Waals surface area contributed by atoms with Crippen LogP contribution in [0.25, 0.3) is 26.2 Å². The fraction of sp³-hybridized carbons (Fsp3) is 0.812. The molecule has 0 spiro atoms. The second-order valence-corrected chi connectivity index (χ2v) is 43.9. The van der Waals surface area contributed by atoms with Crippen molar-refractivity contribution in [2.75, 3.05) is 331 Å². The quantitative estimate of drug-likeness (QED) is 0.0172. The van der Waals surface area contributed by atoms with E-state index in [0.29, 0.717) is 18.8 Å². The summed E-state index contributed by atoms with van der Waals surface area (Å²) in [6, 6.07) is 1.75. The van der Waals surface area contributed by atoms with Gasteiger partial charge in [-0.3, -0.25) is 35.2 Å². The molecule has 0 aromatic carbocycles. The summed E-state index contributed by atoms with van der Waals surface area (Å²) >= 11 is 5.83. The molecule has 128 heavy (non-hydrogen) atoms. The zero-order valence-electron chi connectivity index (χ0n) is 90.6. The fourth-order valence-corrected chi connectivity index (χ4v) is 2.49. The van der Waals surface area contributed by atoms with Gasteiger partial charge in [0.2, 0.25) is 21.8 Å². The van der Waals surface area contributed by atoms with Gasteiger partial charge in [-0.05, 0) is 136 Å². The average molecular weight is 1980 g/mol. The molecule has 0 unspecified atom stereocenters. The Hall–Kier alpha value is -5.14. The second-order valence-electron chi connectivity index (χ2n) is 29.0. The smallest absolute Gasteiger partial charge is 0.421 e. The van der Waals surface area contributed by atoms with Gasteiger partial charge < -0.3 is 133 Å². The van der Waals surface area contributed by atoms with E-state index in [2.05, 4.69) is 161 Å². The van der Waals surface area contributed by atoms with Gasteiger partial charge in [-0.25, -0.2) is 47.2 Å². The van der Waals surface area contributed by atoms with Gasteiger partial charge in [0.05, 0.1) is 39.1 Å². The van der Waals surface area contributed by atoms with E-state index in [1.165, 1.54) is 101 Å². The lowest BCUT2D eigenvalue weighted by Gasteiger charge is -2.28. The lowest BCUT2D eigenvalue weighted by atomic mass is 9.38. The van der Waals surface area contributed by atoms with Crippen molar-refractivity contribution >= 4 is 121 Å². The van der Waals surface area contributed by atoms with Crippen molar-refractivity contribution in [3.63, 3.8) is 0 Å². The largest absolute Gasteiger partial charge is 0.857 e. The monoisotopic (exact) mass is 1980 g/mol. The molecule has 35 nitrogen and oxygen atoms in total. The lowest BCUT2D eigenvalue weighted by Crippen LogP contribution is -2.46. The Kier molecular flexibility index (Phi) is 242. The molecule has 0 bridgehead atoms. The zero-order chi connectivity index (χ0) is 107. The van der Waals surface area contributed by atoms with Crippen molar-refractivity contribution < 1.29 is 66.9 Å². The number of nitrogens with zero attached hydrogens (tertiary/aromatic N) is 20. The molecule has 0 rings (SSSR count). The van der Waals surface area contributed by atoms with Crippen LogP contribution >= 0.6 is 43.1 Å². The molecule has 0 radical (unpaired) electrons. The zero-order valence-corrected chi connectivity index (χ0v) is 96.6. The molecule has 0 fully saturated rings. The Morgan fingerprint density at radius 2 is 0.922 bits per heavy atom. The van der Waals surface area contributed by atoms with Crippen LogP contribution < -0.4 is 10.2 Å². The normalized spacial score (nSPS) is 8.58. The number of carboxylic acid groups (broad SMARTS) is 1. The first-order valence-electron chi connectivity index (χ1n) is 36.7. The molecule has 0 saturated carbocycles. The first-order valence-corrected chi connectivity index (χ1v) is 51.7. The Bertz CT molecular complexity index is 2540. The molecule has 0 aliphatic heterocycles. The van der Waals surface area contributed by atoms with E-state index in [4.69, 9.17) is 51.2 Å². The van der Waals surface area contributed by atoms with Crippen molar-refractivity contribution in [1.82, 2.24) is 53.8 Å². The molecule has 0 saturated heterocycles. The molecule has 0 aliphatic carbocycles. The average Bonchev–Trinajstić information content (AvgIpc) is 0.868. The number of ether oxygens (including phenoxy) is 3. The number of hydrogen-bond acceptors (Lipinski definition) is 25. The number of sulfonamides is 1. The highest BCUT2D eigenvalue weighted by Gasteiger charge is 2.30. The third kappa shape index (κ3) is 336. The van der Waals surface area contributed by atoms with Gasteiger partial charge in [-0.2, -0.15) is 62.9 Å². The van der Waals surface area contributed by atoms with E-state index < -0.39 is 36.5 Å². The highest BCUT2D eigenvalue weighted by molar-refractivity contribution is 7.97. The standard InChI is InChI=1S/C7H15NO2.C6H15B.C6H15N3.C6H12O4.C5H12N2O.C5H12N2.C4H10N2O2.C4H3N2.C4H9NO.C4H12NP.C3H9NO2S.C3H10NP.C3H9N.C3H9P.C3H3.C2H6N.C2H4N.C2H3N.C2H6O.C2H6P.C2H6S.CN.CH3O.CH4S.4CH4/c1-7(2,8(3)4)6(9)10-5;1-6(2,3)7(4)5;1-7-6(8(2)3)9(4)5;1-5(4-10-9-3)6(7)8-2;1-5(8)7(4)6(2)3;1-5(2)6-7(3)4;1-5(2)6(3)4(7)8;1-4(3-5)6-2;1-4(6)5(2)3;1-5-6(2,3)4;1-4(2)7(3,5)6;1-5(2,3)4;2*1-4(2)3;3*1-3-2;1-2-3;3*1-3-2;3*1-2;;;;/h1-5H3;1-5H3;1-5H3;7H,4H2,1-3H3;1-4H3;1-4H3;1-3H3,(H,7,8);1H3;1-3H3;1-4H3;1-3H3;4H,1-3H3;2*1-3H3;1H3;1-2H3;1H,2H3;1H3;3*1-2H3;;1H3;2H,1H3;4*1H4/q;;;;;;;-1;;;;;;;3*-1;;;-1;;2*-1;;;;;/p-2. The summed E-state index contributed by atoms with van der Waals surface area (Å²) in [5.41, 5.74) is 8.28. The van der Waals surface area contributed by atoms with Crippen molar-refractivity contribution in [1.29, 1.82) is 10.5 Å². The number of hydrogen-bond donors (Lipinski definition) is 1. The number of thioether (sulfide) groups is 1. The van der Waals surface area contributed by atoms with Crippen LogP contribution in [0.4, 0.5) is 4.79 Å². The Morgan fingerprint density at radius 1 is 0.703 bits per heavy atom. The highest BCUT2D eigenvalue weighted by atomic mass is 32.2. The Labute approximate surface area is 812 Å². The number of amides is 3. The first kappa shape index (κ1) is 203. The highest BCUT2D eigenvalue weighted by Crippen LogP contribution is 2.51. The SMILES string of the molecule is C.C.C.C.CB(C)C(C)(C)C.CC#N.CC(=O)N(C)C.CC(=O)N(C)N(C)C.CC(C)=NN(C)C.CN(C)C.CN(C)N(C)C(=O)O.CN(C)S(C)(=O)=O.CN=C(N(C)C)N(C)C.COC.COC(=O)C(C)(C)N(C)C.COOCC(C)=C([O-])OC.CP(C)C.CSC.C[N-]C.C[N-][P+](C)(C)C.C[O-].C[P+](C)(C)[NH-].C[P-]C.C[S-].[C-]#CC.[C-]#N.[C-]#[N+]C(C)=C=[N-].[CH-]=NC. The van der Waals surface area contributed by atoms with Crippen LogP contribution in [0.1, 0.15) is 120 Å². The number of allylic oxidation sites excluding steroid dienone is 1. The minimum atomic E-state index is -2.91. The Balaban J connectivity index is -0.0000000317. The molecule has 3 amide bonds. The molecule has 0 atom stereocenters. The molecule has 2 N–H and O–H groups in total. The third-order valence-electron chi connectivity index (χ3n) is 10.0. The molecular formula is C85H207BN21O14P4S3-9. The van der Waals surface area contributed by atoms with Crippen molar-refractivity contribution in [3.8, 4) is 12.0 Å². The topological polar surface area (TPSA) is 414 Å². The van der Waals surface area contributed by atoms with E-state index in [1.807, 2.05) is 184 Å². The van der Waals surface area contributed by atoms with E-state index in [0.717, 1.165) is 41.1 Å². The summed E-state index contributed by atoms with van der Waals surface area (Å²) in [5, 5.41) is 68.3. The van der Waals surface area contributed by atoms with E-state index >= 15 is 0 Å². The third-order valence-corrected chi connectivity index (χ3v) is 12.5. The number of rotatable bonds is 11. The summed E-state index contributed by atoms with van der Waals surface area (Å²) in [6.45, 7) is 67.7. The molecule has 0 aromatic heterocycles. The minimum Gasteiger partial charge on any atom is -0.857 e. The number of carbonyl (C=O) groups is 4. The number of hydrazine groups is 2. The van der Waals surface area contributed by atoms with Crippen LogP contribution in [0.15, 0.2) is 32.3 Å². The number of guanidine groups is 1. The van der Waals surface area contributed by atoms with Crippen molar-refractivity contribution in [2.24, 2.45) is 15.1 Å². The van der Waals surface area contributed by atoms with Crippen molar-refractivity contribution in [2.45, 2.75) is 144 Å². The number of nitrogens with one attached hydrogen (secondary N) is 1. The maximum Gasteiger partial charge on any atom is 0.421 e. The van der Waals surface area contributed by atoms with Crippen LogP contribution in [0, 0.1) is 42.1 Å². The van der Waals surface area contributed by atoms with Crippen molar-refractivity contribution in [3.05, 3.63) is 62.9 Å². The number of hydrazone groups is 1. The van der Waals surface area contributed by atoms with Gasteiger partial charge in [0.25, 0.3) is 0 Å². The molecule has 43 heteroatoms. The number of likely N-dealkylation sites (N-methyl/N-ethyl adjacent to an activating group) is 1. The van der Waals surface area contributed by atoms with E-state index in [-0.39, 0.29) is 65.7 Å². The van der Waals surface area contributed by atoms with Gasteiger partial charge >= 0.3 is 12.1 Å². The van der Waals surface area contributed by atoms with E-state index in [1.54, 1.807) is 124 Å². The molecule has 786 valence electrons. The van der Waals surface area contributed by atoms with Crippen LogP contribution in [0.2, 0.25) is 19.0 Å². The maximum absolute atomic E-state index is 11.0. The molecular weight excluding hydrogens is 1770 g/mol. The number of carbonyl (C=O) groups excluding carboxylic acids is 3. The summed E-state index contributed by atoms with van der Waals surface area (Å²) < 4.78 is 34.9. The Morgan fingerprint density at radius 3 is 0.961 bits per heavy atom. The van der Waals surface area contributed by atoms with Gasteiger partial charge in [-0.15, -0.1) is 15.0 Å². The summed E-state index contributed by atoms with van der Waals surface area (Å²) in [4.78, 5) is 69.5. The number of methoxy groups -OCH3 is 3. The van der Waals surface area contributed by atoms with Gasteiger partial charge in [0, 0.05) is 201 Å². The first-order chi connectivity index (χ1) is 55.7. The summed E-state index contributed by atoms with van der Waals surface area (Å²) in [6.07, 6.45) is 11.8. The van der Waals surface area contributed by atoms with Crippen LogP contribution in [0.3, 0.4) is 0 Å². The fourth-order valence-electron chi connectivity index (χ4n) is 2.49. The second kappa shape index (κ2) is 153. The van der Waals surface area contributed by atoms with Gasteiger partial charge in [-0.1, -0.05) is 84.3 Å². The van der Waals surface area contributed by atoms with Gasteiger partial charge in [0.15, 0.2) is 11.7 Å².